The number of hydrogen-bond donors (Lipinski definition) is 1. The van der Waals surface area contributed by atoms with Gasteiger partial charge in [0, 0.05) is 12.3 Å². The highest BCUT2D eigenvalue weighted by Gasteiger charge is 2.28. The molecule has 0 bridgehead atoms. The number of anilines is 2. The van der Waals surface area contributed by atoms with Crippen molar-refractivity contribution in [3.05, 3.63) is 41.0 Å². The zero-order valence-electron chi connectivity index (χ0n) is 12.7. The average Bonchev–Trinajstić information content (AvgIpc) is 3.06. The van der Waals surface area contributed by atoms with Crippen molar-refractivity contribution in [2.24, 2.45) is 0 Å². The first-order chi connectivity index (χ1) is 11.5. The van der Waals surface area contributed by atoms with Gasteiger partial charge in [-0.2, -0.15) is 4.98 Å². The molecule has 0 radical (unpaired) electrons. The predicted octanol–water partition coefficient (Wildman–Crippen LogP) is 2.46. The Morgan fingerprint density at radius 3 is 2.96 bits per heavy atom. The number of nitrogens with zero attached hydrogens (tertiary/aromatic N) is 3. The summed E-state index contributed by atoms with van der Waals surface area (Å²) < 4.78 is 30.9. The van der Waals surface area contributed by atoms with Crippen molar-refractivity contribution in [3.63, 3.8) is 0 Å². The molecule has 1 aliphatic rings. The molecule has 0 aliphatic carbocycles. The van der Waals surface area contributed by atoms with E-state index in [1.54, 1.807) is 35.0 Å². The zero-order chi connectivity index (χ0) is 16.9. The summed E-state index contributed by atoms with van der Waals surface area (Å²) in [6.45, 7) is 0. The molecular formula is C15H13ClN4O3S. The lowest BCUT2D eigenvalue weighted by Crippen LogP contribution is -2.01. The maximum absolute atomic E-state index is 12.0. The Morgan fingerprint density at radius 2 is 2.17 bits per heavy atom. The van der Waals surface area contributed by atoms with E-state index in [9.17, 15) is 8.42 Å². The van der Waals surface area contributed by atoms with E-state index in [0.29, 0.717) is 39.4 Å². The molecule has 9 heteroatoms. The minimum Gasteiger partial charge on any atom is -0.495 e. The van der Waals surface area contributed by atoms with Gasteiger partial charge in [0.25, 0.3) is 0 Å². The third-order valence-corrected chi connectivity index (χ3v) is 5.91. The number of aromatic nitrogens is 3. The van der Waals surface area contributed by atoms with Crippen LogP contribution in [0.15, 0.2) is 35.4 Å². The van der Waals surface area contributed by atoms with Crippen LogP contribution in [0.3, 0.4) is 0 Å². The smallest absolute Gasteiger partial charge is 0.247 e. The molecule has 0 saturated carbocycles. The maximum Gasteiger partial charge on any atom is 0.247 e. The van der Waals surface area contributed by atoms with E-state index in [-0.39, 0.29) is 5.75 Å². The number of pyridine rings is 1. The Balaban J connectivity index is 1.76. The Bertz CT molecular complexity index is 1060. The number of benzene rings is 1. The fourth-order valence-electron chi connectivity index (χ4n) is 2.74. The molecule has 24 heavy (non-hydrogen) atoms. The van der Waals surface area contributed by atoms with Crippen molar-refractivity contribution in [1.29, 1.82) is 0 Å². The number of ether oxygens (including phenoxy) is 1. The van der Waals surface area contributed by atoms with Crippen LogP contribution in [-0.4, -0.2) is 35.9 Å². The second kappa shape index (κ2) is 5.35. The predicted molar refractivity (Wildman–Crippen MR) is 90.0 cm³/mol. The highest BCUT2D eigenvalue weighted by Crippen LogP contribution is 2.36. The van der Waals surface area contributed by atoms with E-state index < -0.39 is 9.84 Å². The van der Waals surface area contributed by atoms with E-state index in [4.69, 9.17) is 16.3 Å². The highest BCUT2D eigenvalue weighted by molar-refractivity contribution is 7.91. The van der Waals surface area contributed by atoms with Crippen LogP contribution in [0.1, 0.15) is 5.56 Å². The van der Waals surface area contributed by atoms with Crippen molar-refractivity contribution in [2.75, 3.05) is 18.2 Å². The Hall–Kier alpha value is -2.32. The number of sulfone groups is 1. The van der Waals surface area contributed by atoms with E-state index in [1.807, 2.05) is 0 Å². The Kier molecular flexibility index (Phi) is 3.40. The summed E-state index contributed by atoms with van der Waals surface area (Å²) in [4.78, 5) is 4.69. The number of halogens is 1. The van der Waals surface area contributed by atoms with Crippen LogP contribution in [0.25, 0.3) is 5.65 Å². The SMILES string of the molecule is COc1cc2c(cc1Nc1nc3ccc(Cl)cn3n1)CCS2(=O)=O. The zero-order valence-corrected chi connectivity index (χ0v) is 14.2. The number of aryl methyl sites for hydroxylation is 1. The molecule has 4 rings (SSSR count). The van der Waals surface area contributed by atoms with Gasteiger partial charge < -0.3 is 10.1 Å². The Labute approximate surface area is 143 Å². The molecule has 1 aromatic carbocycles. The average molecular weight is 365 g/mol. The molecule has 3 aromatic rings. The molecule has 124 valence electrons. The largest absolute Gasteiger partial charge is 0.495 e. The van der Waals surface area contributed by atoms with Crippen LogP contribution in [-0.2, 0) is 16.3 Å². The lowest BCUT2D eigenvalue weighted by Gasteiger charge is -2.11. The molecule has 1 N–H and O–H groups in total. The van der Waals surface area contributed by atoms with Crippen molar-refractivity contribution >= 4 is 38.7 Å². The summed E-state index contributed by atoms with van der Waals surface area (Å²) in [5.41, 5.74) is 2.03. The van der Waals surface area contributed by atoms with E-state index >= 15 is 0 Å². The van der Waals surface area contributed by atoms with Crippen LogP contribution >= 0.6 is 11.6 Å². The number of methoxy groups -OCH3 is 1. The molecule has 7 nitrogen and oxygen atoms in total. The minimum atomic E-state index is -3.21. The van der Waals surface area contributed by atoms with Gasteiger partial charge in [-0.1, -0.05) is 11.6 Å². The molecule has 0 atom stereocenters. The van der Waals surface area contributed by atoms with E-state index in [1.165, 1.54) is 7.11 Å². The van der Waals surface area contributed by atoms with Crippen LogP contribution in [0.4, 0.5) is 11.6 Å². The van der Waals surface area contributed by atoms with Crippen molar-refractivity contribution in [2.45, 2.75) is 11.3 Å². The molecular weight excluding hydrogens is 352 g/mol. The summed E-state index contributed by atoms with van der Waals surface area (Å²) in [6, 6.07) is 6.81. The van der Waals surface area contributed by atoms with Gasteiger partial charge in [-0.3, -0.25) is 0 Å². The van der Waals surface area contributed by atoms with Gasteiger partial charge in [0.05, 0.1) is 28.5 Å². The fraction of sp³-hybridized carbons (Fsp3) is 0.200. The molecule has 0 saturated heterocycles. The first kappa shape index (κ1) is 15.2. The standard InChI is InChI=1S/C15H13ClN4O3S/c1-23-12-7-13-9(4-5-24(13,21)22)6-11(12)17-15-18-14-3-2-10(16)8-20(14)19-15/h2-3,6-8H,4-5H2,1H3,(H,17,19). The topological polar surface area (TPSA) is 85.6 Å². The molecule has 0 amide bonds. The summed E-state index contributed by atoms with van der Waals surface area (Å²) >= 11 is 5.94. The summed E-state index contributed by atoms with van der Waals surface area (Å²) in [5, 5.41) is 7.94. The molecule has 0 unspecified atom stereocenters. The molecule has 2 aromatic heterocycles. The van der Waals surface area contributed by atoms with Gasteiger partial charge in [-0.05, 0) is 30.2 Å². The number of rotatable bonds is 3. The first-order valence-corrected chi connectivity index (χ1v) is 9.22. The third kappa shape index (κ3) is 2.47. The van der Waals surface area contributed by atoms with Crippen molar-refractivity contribution < 1.29 is 13.2 Å². The van der Waals surface area contributed by atoms with Gasteiger partial charge >= 0.3 is 0 Å². The first-order valence-electron chi connectivity index (χ1n) is 7.19. The van der Waals surface area contributed by atoms with Crippen LogP contribution < -0.4 is 10.1 Å². The summed E-state index contributed by atoms with van der Waals surface area (Å²) in [7, 11) is -1.72. The summed E-state index contributed by atoms with van der Waals surface area (Å²) in [5.74, 6) is 0.924. The number of hydrogen-bond acceptors (Lipinski definition) is 6. The van der Waals surface area contributed by atoms with Crippen LogP contribution in [0.5, 0.6) is 5.75 Å². The molecule has 1 aliphatic heterocycles. The minimum absolute atomic E-state index is 0.125. The monoisotopic (exact) mass is 364 g/mol. The highest BCUT2D eigenvalue weighted by atomic mass is 35.5. The quantitative estimate of drug-likeness (QED) is 0.768. The van der Waals surface area contributed by atoms with Crippen molar-refractivity contribution in [1.82, 2.24) is 14.6 Å². The second-order valence-electron chi connectivity index (χ2n) is 5.44. The Morgan fingerprint density at radius 1 is 1.33 bits per heavy atom. The van der Waals surface area contributed by atoms with Crippen LogP contribution in [0.2, 0.25) is 5.02 Å². The third-order valence-electron chi connectivity index (χ3n) is 3.90. The van der Waals surface area contributed by atoms with Gasteiger partial charge in [-0.25, -0.2) is 12.9 Å². The normalized spacial score (nSPS) is 15.4. The molecule has 3 heterocycles. The molecule has 0 spiro atoms. The number of nitrogens with one attached hydrogen (secondary N) is 1. The van der Waals surface area contributed by atoms with Gasteiger partial charge in [0.15, 0.2) is 15.5 Å². The van der Waals surface area contributed by atoms with E-state index in [2.05, 4.69) is 15.4 Å². The summed E-state index contributed by atoms with van der Waals surface area (Å²) in [6.07, 6.45) is 2.14. The van der Waals surface area contributed by atoms with Gasteiger partial charge in [-0.15, -0.1) is 5.10 Å². The van der Waals surface area contributed by atoms with Crippen molar-refractivity contribution in [3.8, 4) is 5.75 Å². The maximum atomic E-state index is 12.0. The van der Waals surface area contributed by atoms with Crippen LogP contribution in [0, 0.1) is 0 Å². The van der Waals surface area contributed by atoms with E-state index in [0.717, 1.165) is 5.56 Å². The second-order valence-corrected chi connectivity index (χ2v) is 7.95. The van der Waals surface area contributed by atoms with Gasteiger partial charge in [0.2, 0.25) is 5.95 Å². The fourth-order valence-corrected chi connectivity index (χ4v) is 4.45. The van der Waals surface area contributed by atoms with Gasteiger partial charge in [0.1, 0.15) is 5.75 Å². The number of fused-ring (bicyclic) bond motifs is 2. The lowest BCUT2D eigenvalue weighted by molar-refractivity contribution is 0.415. The molecule has 0 fully saturated rings. The lowest BCUT2D eigenvalue weighted by atomic mass is 10.1.